The van der Waals surface area contributed by atoms with Crippen LogP contribution in [-0.2, 0) is 25.5 Å². The van der Waals surface area contributed by atoms with Crippen molar-refractivity contribution in [2.24, 2.45) is 11.8 Å². The lowest BCUT2D eigenvalue weighted by Gasteiger charge is -2.19. The molecule has 1 aromatic heterocycles. The summed E-state index contributed by atoms with van der Waals surface area (Å²) in [5.74, 6) is 0.358. The molecular formula is C32H41ClN4O7. The van der Waals surface area contributed by atoms with Gasteiger partial charge in [-0.25, -0.2) is 14.8 Å². The number of carbonyl (C=O) groups is 3. The van der Waals surface area contributed by atoms with Gasteiger partial charge in [-0.05, 0) is 56.9 Å². The zero-order valence-electron chi connectivity index (χ0n) is 26.3. The molecule has 2 aromatic carbocycles. The van der Waals surface area contributed by atoms with Crippen molar-refractivity contribution in [3.63, 3.8) is 0 Å². The monoisotopic (exact) mass is 628 g/mol. The fraction of sp³-hybridized carbons (Fsp3) is 0.469. The first-order valence-corrected chi connectivity index (χ1v) is 14.8. The van der Waals surface area contributed by atoms with E-state index in [2.05, 4.69) is 20.6 Å². The number of halogens is 1. The third-order valence-corrected chi connectivity index (χ3v) is 6.87. The van der Waals surface area contributed by atoms with Crippen molar-refractivity contribution in [2.45, 2.75) is 59.5 Å². The highest BCUT2D eigenvalue weighted by Crippen LogP contribution is 2.36. The Morgan fingerprint density at radius 2 is 1.77 bits per heavy atom. The quantitative estimate of drug-likeness (QED) is 0.155. The van der Waals surface area contributed by atoms with Crippen LogP contribution in [0.25, 0.3) is 10.9 Å². The number of Topliss-reactive ketones (excluding diaryl/α,β-unsaturated/α-hetero) is 1. The van der Waals surface area contributed by atoms with Crippen molar-refractivity contribution >= 4 is 51.9 Å². The minimum Gasteiger partial charge on any atom is -0.493 e. The first-order chi connectivity index (χ1) is 20.8. The average Bonchev–Trinajstić information content (AvgIpc) is 2.95. The number of benzene rings is 2. The molecule has 1 atom stereocenters. The molecule has 1 amide bonds. The Morgan fingerprint density at radius 3 is 2.43 bits per heavy atom. The van der Waals surface area contributed by atoms with E-state index in [1.165, 1.54) is 20.5 Å². The molecule has 0 aliphatic heterocycles. The molecule has 3 aromatic rings. The predicted octanol–water partition coefficient (Wildman–Crippen LogP) is 6.28. The van der Waals surface area contributed by atoms with Crippen LogP contribution in [0.1, 0.15) is 53.0 Å². The number of esters is 1. The zero-order chi connectivity index (χ0) is 32.4. The molecule has 0 saturated carbocycles. The van der Waals surface area contributed by atoms with Crippen LogP contribution >= 0.6 is 11.6 Å². The predicted molar refractivity (Wildman–Crippen MR) is 169 cm³/mol. The number of aromatic nitrogens is 2. The second-order valence-corrected chi connectivity index (χ2v) is 12.0. The molecule has 0 radical (unpaired) electrons. The molecule has 11 nitrogen and oxygen atoms in total. The van der Waals surface area contributed by atoms with Crippen LogP contribution < -0.4 is 20.1 Å². The molecule has 12 heteroatoms. The molecule has 1 heterocycles. The fourth-order valence-corrected chi connectivity index (χ4v) is 4.59. The molecule has 0 aliphatic carbocycles. The summed E-state index contributed by atoms with van der Waals surface area (Å²) >= 11 is 6.33. The molecule has 0 saturated heterocycles. The molecule has 2 N–H and O–H groups in total. The van der Waals surface area contributed by atoms with Crippen LogP contribution in [0.4, 0.5) is 16.3 Å². The van der Waals surface area contributed by atoms with Crippen LogP contribution in [-0.4, -0.2) is 60.8 Å². The number of amides is 1. The lowest BCUT2D eigenvalue weighted by Crippen LogP contribution is -2.33. The SMILES string of the molecule is COC(=O)[C@@H](CC(=O)Cc1ccc(Cl)cc1Nc1ncnc2cc(OC)c(OCCCNC(=O)OC(C)(C)C)cc12)C(C)C. The van der Waals surface area contributed by atoms with Gasteiger partial charge in [0.1, 0.15) is 23.5 Å². The number of fused-ring (bicyclic) bond motifs is 1. The third-order valence-electron chi connectivity index (χ3n) is 6.64. The van der Waals surface area contributed by atoms with Gasteiger partial charge >= 0.3 is 12.1 Å². The van der Waals surface area contributed by atoms with E-state index < -0.39 is 23.6 Å². The van der Waals surface area contributed by atoms with Crippen LogP contribution in [0.3, 0.4) is 0 Å². The minimum atomic E-state index is -0.574. The van der Waals surface area contributed by atoms with Gasteiger partial charge in [0, 0.05) is 41.5 Å². The lowest BCUT2D eigenvalue weighted by molar-refractivity contribution is -0.148. The lowest BCUT2D eigenvalue weighted by atomic mass is 9.89. The Morgan fingerprint density at radius 1 is 1.02 bits per heavy atom. The number of anilines is 2. The van der Waals surface area contributed by atoms with Gasteiger partial charge in [0.15, 0.2) is 11.5 Å². The van der Waals surface area contributed by atoms with Gasteiger partial charge < -0.3 is 29.6 Å². The number of methoxy groups -OCH3 is 2. The number of alkyl carbamates (subject to hydrolysis) is 1. The summed E-state index contributed by atoms with van der Waals surface area (Å²) in [5, 5.41) is 7.14. The number of rotatable bonds is 14. The van der Waals surface area contributed by atoms with Gasteiger partial charge in [-0.1, -0.05) is 31.5 Å². The molecular weight excluding hydrogens is 588 g/mol. The Labute approximate surface area is 263 Å². The van der Waals surface area contributed by atoms with Crippen molar-refractivity contribution in [2.75, 3.05) is 32.7 Å². The summed E-state index contributed by atoms with van der Waals surface area (Å²) in [5.41, 5.74) is 1.32. The maximum absolute atomic E-state index is 13.1. The molecule has 44 heavy (non-hydrogen) atoms. The molecule has 3 rings (SSSR count). The molecule has 0 aliphatic rings. The minimum absolute atomic E-state index is 0.0451. The van der Waals surface area contributed by atoms with Crippen molar-refractivity contribution in [3.05, 3.63) is 47.2 Å². The fourth-order valence-electron chi connectivity index (χ4n) is 4.41. The maximum atomic E-state index is 13.1. The number of nitrogens with zero attached hydrogens (tertiary/aromatic N) is 2. The van der Waals surface area contributed by atoms with Crippen molar-refractivity contribution in [1.82, 2.24) is 15.3 Å². The van der Waals surface area contributed by atoms with Gasteiger partial charge in [0.25, 0.3) is 0 Å². The van der Waals surface area contributed by atoms with Gasteiger partial charge in [0.05, 0.1) is 32.3 Å². The summed E-state index contributed by atoms with van der Waals surface area (Å²) in [4.78, 5) is 46.0. The smallest absolute Gasteiger partial charge is 0.407 e. The van der Waals surface area contributed by atoms with Crippen molar-refractivity contribution in [1.29, 1.82) is 0 Å². The maximum Gasteiger partial charge on any atom is 0.407 e. The van der Waals surface area contributed by atoms with Crippen molar-refractivity contribution < 1.29 is 33.3 Å². The van der Waals surface area contributed by atoms with Crippen LogP contribution in [0.15, 0.2) is 36.7 Å². The van der Waals surface area contributed by atoms with Gasteiger partial charge in [-0.3, -0.25) is 9.59 Å². The number of hydrogen-bond acceptors (Lipinski definition) is 10. The van der Waals surface area contributed by atoms with E-state index in [-0.39, 0.29) is 24.5 Å². The second kappa shape index (κ2) is 15.6. The van der Waals surface area contributed by atoms with Crippen LogP contribution in [0.5, 0.6) is 11.5 Å². The van der Waals surface area contributed by atoms with Crippen LogP contribution in [0.2, 0.25) is 5.02 Å². The highest BCUT2D eigenvalue weighted by molar-refractivity contribution is 6.31. The highest BCUT2D eigenvalue weighted by atomic mass is 35.5. The first-order valence-electron chi connectivity index (χ1n) is 14.4. The van der Waals surface area contributed by atoms with Crippen molar-refractivity contribution in [3.8, 4) is 11.5 Å². The Kier molecular flexibility index (Phi) is 12.2. The molecule has 0 fully saturated rings. The van der Waals surface area contributed by atoms with E-state index >= 15 is 0 Å². The summed E-state index contributed by atoms with van der Waals surface area (Å²) < 4.78 is 21.7. The van der Waals surface area contributed by atoms with E-state index in [1.54, 1.807) is 51.1 Å². The first kappa shape index (κ1) is 34.4. The number of hydrogen-bond donors (Lipinski definition) is 2. The average molecular weight is 629 g/mol. The number of nitrogens with one attached hydrogen (secondary N) is 2. The second-order valence-electron chi connectivity index (χ2n) is 11.6. The normalized spacial score (nSPS) is 12.0. The van der Waals surface area contributed by atoms with E-state index in [4.69, 9.17) is 30.5 Å². The standard InChI is InChI=1S/C32H41ClN4O7/c1-19(2)23(30(39)42-7)15-22(38)13-20-9-10-21(33)14-25(20)37-29-24-16-28(27(41-6)17-26(24)35-18-36-29)43-12-8-11-34-31(40)44-32(3,4)5/h9-10,14,16-19,23H,8,11-13,15H2,1-7H3,(H,34,40)(H,35,36,37)/t23-/m0/s1. The summed E-state index contributed by atoms with van der Waals surface area (Å²) in [7, 11) is 2.86. The van der Waals surface area contributed by atoms with Gasteiger partial charge in [0.2, 0.25) is 0 Å². The largest absolute Gasteiger partial charge is 0.493 e. The highest BCUT2D eigenvalue weighted by Gasteiger charge is 2.26. The van der Waals surface area contributed by atoms with Gasteiger partial charge in [-0.15, -0.1) is 0 Å². The van der Waals surface area contributed by atoms with E-state index in [1.807, 2.05) is 13.8 Å². The number of carbonyl (C=O) groups excluding carboxylic acids is 3. The van der Waals surface area contributed by atoms with E-state index in [0.717, 1.165) is 0 Å². The summed E-state index contributed by atoms with van der Waals surface area (Å²) in [6.07, 6.45) is 1.62. The number of ketones is 1. The molecule has 0 unspecified atom stereocenters. The number of ether oxygens (including phenoxy) is 4. The van der Waals surface area contributed by atoms with Gasteiger partial charge in [-0.2, -0.15) is 0 Å². The van der Waals surface area contributed by atoms with E-state index in [9.17, 15) is 14.4 Å². The Hall–Kier alpha value is -4.12. The summed E-state index contributed by atoms with van der Waals surface area (Å²) in [6.45, 7) is 9.85. The molecule has 238 valence electrons. The third kappa shape index (κ3) is 9.97. The summed E-state index contributed by atoms with van der Waals surface area (Å²) in [6, 6.07) is 8.73. The van der Waals surface area contributed by atoms with Crippen LogP contribution in [0, 0.1) is 11.8 Å². The Balaban J connectivity index is 1.79. The molecule has 0 bridgehead atoms. The van der Waals surface area contributed by atoms with E-state index in [0.29, 0.717) is 64.1 Å². The Bertz CT molecular complexity index is 1470. The zero-order valence-corrected chi connectivity index (χ0v) is 27.0. The molecule has 0 spiro atoms. The topological polar surface area (TPSA) is 138 Å².